The van der Waals surface area contributed by atoms with Crippen molar-refractivity contribution in [1.29, 1.82) is 0 Å². The number of carbonyl (C=O) groups is 2. The lowest BCUT2D eigenvalue weighted by Crippen LogP contribution is -2.47. The van der Waals surface area contributed by atoms with Crippen molar-refractivity contribution in [2.75, 3.05) is 31.1 Å². The van der Waals surface area contributed by atoms with Crippen LogP contribution in [0.15, 0.2) is 35.3 Å². The minimum absolute atomic E-state index is 0.212. The smallest absolute Gasteiger partial charge is 0.356 e. The molecule has 0 aromatic carbocycles. The largest absolute Gasteiger partial charge is 0.406 e. The van der Waals surface area contributed by atoms with Gasteiger partial charge in [0, 0.05) is 31.4 Å². The Morgan fingerprint density at radius 3 is 2.52 bits per heavy atom. The van der Waals surface area contributed by atoms with Gasteiger partial charge in [0.05, 0.1) is 0 Å². The number of alkyl halides is 3. The Balaban J connectivity index is 1.44. The van der Waals surface area contributed by atoms with Gasteiger partial charge < -0.3 is 9.80 Å². The molecule has 11 heteroatoms. The molecule has 0 N–H and O–H groups in total. The molecule has 2 fully saturated rings. The summed E-state index contributed by atoms with van der Waals surface area (Å²) in [6.07, 6.45) is -2.06. The van der Waals surface area contributed by atoms with E-state index < -0.39 is 24.7 Å². The van der Waals surface area contributed by atoms with Crippen molar-refractivity contribution in [2.45, 2.75) is 25.1 Å². The molecule has 3 amide bonds. The summed E-state index contributed by atoms with van der Waals surface area (Å²) in [5, 5.41) is 0. The third-order valence-electron chi connectivity index (χ3n) is 5.21. The highest BCUT2D eigenvalue weighted by Gasteiger charge is 2.45. The number of hydrogen-bond acceptors (Lipinski definition) is 5. The molecule has 2 aliphatic heterocycles. The molecule has 2 saturated heterocycles. The molecule has 154 valence electrons. The SMILES string of the molecule is O=C1CN(C2CCN(c3cc(=O)n4ccccc4n3)CC2)C(=O)N1CC(F)(F)F. The van der Waals surface area contributed by atoms with E-state index in [1.54, 1.807) is 24.4 Å². The van der Waals surface area contributed by atoms with E-state index in [0.29, 0.717) is 37.4 Å². The first kappa shape index (κ1) is 19.2. The number of rotatable bonds is 3. The number of imide groups is 1. The van der Waals surface area contributed by atoms with Gasteiger partial charge in [-0.1, -0.05) is 6.07 Å². The van der Waals surface area contributed by atoms with Crippen LogP contribution in [0.4, 0.5) is 23.8 Å². The summed E-state index contributed by atoms with van der Waals surface area (Å²) in [5.41, 5.74) is 0.302. The Morgan fingerprint density at radius 2 is 1.83 bits per heavy atom. The maximum Gasteiger partial charge on any atom is 0.406 e. The average molecular weight is 409 g/mol. The summed E-state index contributed by atoms with van der Waals surface area (Å²) in [6, 6.07) is 5.44. The molecule has 0 saturated carbocycles. The highest BCUT2D eigenvalue weighted by Crippen LogP contribution is 2.26. The van der Waals surface area contributed by atoms with Gasteiger partial charge in [-0.3, -0.25) is 18.9 Å². The van der Waals surface area contributed by atoms with E-state index in [1.807, 2.05) is 4.90 Å². The van der Waals surface area contributed by atoms with Gasteiger partial charge in [0.1, 0.15) is 24.6 Å². The lowest BCUT2D eigenvalue weighted by Gasteiger charge is -2.36. The van der Waals surface area contributed by atoms with Gasteiger partial charge in [-0.05, 0) is 25.0 Å². The van der Waals surface area contributed by atoms with Gasteiger partial charge in [0.2, 0.25) is 0 Å². The normalized spacial score (nSPS) is 18.9. The minimum Gasteiger partial charge on any atom is -0.356 e. The summed E-state index contributed by atoms with van der Waals surface area (Å²) in [7, 11) is 0. The number of hydrogen-bond donors (Lipinski definition) is 0. The van der Waals surface area contributed by atoms with Crippen LogP contribution >= 0.6 is 0 Å². The third-order valence-corrected chi connectivity index (χ3v) is 5.21. The molecule has 4 heterocycles. The van der Waals surface area contributed by atoms with Gasteiger partial charge in [-0.2, -0.15) is 13.2 Å². The van der Waals surface area contributed by atoms with Crippen LogP contribution in [0.1, 0.15) is 12.8 Å². The number of carbonyl (C=O) groups excluding carboxylic acids is 2. The second-order valence-corrected chi connectivity index (χ2v) is 7.11. The zero-order valence-corrected chi connectivity index (χ0v) is 15.3. The van der Waals surface area contributed by atoms with E-state index in [-0.39, 0.29) is 23.0 Å². The molecule has 8 nitrogen and oxygen atoms in total. The van der Waals surface area contributed by atoms with E-state index in [9.17, 15) is 27.6 Å². The Morgan fingerprint density at radius 1 is 1.10 bits per heavy atom. The molecule has 0 aliphatic carbocycles. The van der Waals surface area contributed by atoms with Crippen LogP contribution in [0.25, 0.3) is 5.65 Å². The molecule has 4 rings (SSSR count). The van der Waals surface area contributed by atoms with Crippen LogP contribution in [-0.4, -0.2) is 69.5 Å². The molecule has 0 bridgehead atoms. The van der Waals surface area contributed by atoms with Crippen molar-refractivity contribution in [3.8, 4) is 0 Å². The summed E-state index contributed by atoms with van der Waals surface area (Å²) < 4.78 is 39.2. The predicted molar refractivity (Wildman–Crippen MR) is 96.6 cm³/mol. The number of fused-ring (bicyclic) bond motifs is 1. The third kappa shape index (κ3) is 3.76. The monoisotopic (exact) mass is 409 g/mol. The molecule has 0 unspecified atom stereocenters. The lowest BCUT2D eigenvalue weighted by molar-refractivity contribution is -0.151. The Bertz CT molecular complexity index is 1010. The number of piperidine rings is 1. The number of nitrogens with zero attached hydrogens (tertiary/aromatic N) is 5. The summed E-state index contributed by atoms with van der Waals surface area (Å²) in [6.45, 7) is -0.963. The van der Waals surface area contributed by atoms with Crippen LogP contribution in [0.5, 0.6) is 0 Å². The van der Waals surface area contributed by atoms with Crippen LogP contribution in [0.2, 0.25) is 0 Å². The molecular formula is C18H18F3N5O3. The maximum atomic E-state index is 12.6. The van der Waals surface area contributed by atoms with E-state index in [0.717, 1.165) is 0 Å². The van der Waals surface area contributed by atoms with Gasteiger partial charge in [0.25, 0.3) is 11.5 Å². The number of pyridine rings is 1. The number of urea groups is 1. The summed E-state index contributed by atoms with van der Waals surface area (Å²) >= 11 is 0. The molecule has 0 spiro atoms. The van der Waals surface area contributed by atoms with E-state index in [2.05, 4.69) is 4.98 Å². The molecule has 2 aliphatic rings. The van der Waals surface area contributed by atoms with Crippen LogP contribution in [-0.2, 0) is 4.79 Å². The second-order valence-electron chi connectivity index (χ2n) is 7.11. The topological polar surface area (TPSA) is 78.2 Å². The van der Waals surface area contributed by atoms with Crippen molar-refractivity contribution in [3.63, 3.8) is 0 Å². The fourth-order valence-electron chi connectivity index (χ4n) is 3.79. The van der Waals surface area contributed by atoms with Crippen molar-refractivity contribution in [1.82, 2.24) is 19.2 Å². The predicted octanol–water partition coefficient (Wildman–Crippen LogP) is 1.49. The van der Waals surface area contributed by atoms with Crippen LogP contribution in [0.3, 0.4) is 0 Å². The molecule has 0 radical (unpaired) electrons. The van der Waals surface area contributed by atoms with E-state index in [4.69, 9.17) is 0 Å². The van der Waals surface area contributed by atoms with Crippen LogP contribution in [0, 0.1) is 0 Å². The number of amides is 3. The highest BCUT2D eigenvalue weighted by molar-refractivity contribution is 6.02. The Labute approximate surface area is 163 Å². The first-order valence-corrected chi connectivity index (χ1v) is 9.14. The fraction of sp³-hybridized carbons (Fsp3) is 0.444. The first-order valence-electron chi connectivity index (χ1n) is 9.14. The molecule has 29 heavy (non-hydrogen) atoms. The second kappa shape index (κ2) is 7.05. The Kier molecular flexibility index (Phi) is 4.67. The van der Waals surface area contributed by atoms with Gasteiger partial charge in [-0.15, -0.1) is 0 Å². The molecule has 2 aromatic heterocycles. The summed E-state index contributed by atoms with van der Waals surface area (Å²) in [5.74, 6) is -0.318. The fourth-order valence-corrected chi connectivity index (χ4v) is 3.79. The number of anilines is 1. The van der Waals surface area contributed by atoms with E-state index >= 15 is 0 Å². The molecular weight excluding hydrogens is 391 g/mol. The zero-order valence-electron chi connectivity index (χ0n) is 15.3. The summed E-state index contributed by atoms with van der Waals surface area (Å²) in [4.78, 5) is 44.3. The molecule has 2 aromatic rings. The number of aromatic nitrogens is 2. The van der Waals surface area contributed by atoms with Gasteiger partial charge in [0.15, 0.2) is 0 Å². The van der Waals surface area contributed by atoms with Crippen LogP contribution < -0.4 is 10.5 Å². The number of halogens is 3. The van der Waals surface area contributed by atoms with Gasteiger partial charge in [-0.25, -0.2) is 9.78 Å². The van der Waals surface area contributed by atoms with E-state index in [1.165, 1.54) is 15.4 Å². The zero-order chi connectivity index (χ0) is 20.8. The minimum atomic E-state index is -4.62. The maximum absolute atomic E-state index is 12.6. The highest BCUT2D eigenvalue weighted by atomic mass is 19.4. The standard InChI is InChI=1S/C18H18F3N5O3/c19-18(20,21)11-26-16(28)10-25(17(26)29)12-4-7-23(8-5-12)14-9-15(27)24-6-2-1-3-13(24)22-14/h1-3,6,9,12H,4-5,7-8,10-11H2. The first-order chi connectivity index (χ1) is 13.7. The van der Waals surface area contributed by atoms with Crippen molar-refractivity contribution in [3.05, 3.63) is 40.8 Å². The average Bonchev–Trinajstić information content (AvgIpc) is 2.95. The van der Waals surface area contributed by atoms with Gasteiger partial charge >= 0.3 is 12.2 Å². The quantitative estimate of drug-likeness (QED) is 0.718. The Hall–Kier alpha value is -3.11. The van der Waals surface area contributed by atoms with Crippen molar-refractivity contribution in [2.24, 2.45) is 0 Å². The lowest BCUT2D eigenvalue weighted by atomic mass is 10.0. The van der Waals surface area contributed by atoms with Crippen molar-refractivity contribution >= 4 is 23.4 Å². The molecule has 0 atom stereocenters. The van der Waals surface area contributed by atoms with Crippen molar-refractivity contribution < 1.29 is 22.8 Å².